The molecule has 0 amide bonds. The van der Waals surface area contributed by atoms with Crippen molar-refractivity contribution in [2.24, 2.45) is 0 Å². The first-order valence-corrected chi connectivity index (χ1v) is 8.90. The van der Waals surface area contributed by atoms with Crippen LogP contribution in [0.15, 0.2) is 0 Å². The maximum Gasteiger partial charge on any atom is 0.147 e. The molecule has 5 heteroatoms. The Kier molecular flexibility index (Phi) is 6.08. The predicted octanol–water partition coefficient (Wildman–Crippen LogP) is 1.75. The van der Waals surface area contributed by atoms with E-state index in [-0.39, 0.29) is 17.4 Å². The van der Waals surface area contributed by atoms with E-state index in [1.807, 2.05) is 7.05 Å². The molecular formula is C13H27NO3S. The van der Waals surface area contributed by atoms with Crippen LogP contribution in [-0.2, 0) is 14.6 Å². The van der Waals surface area contributed by atoms with E-state index in [2.05, 4.69) is 5.32 Å². The predicted molar refractivity (Wildman–Crippen MR) is 74.6 cm³/mol. The van der Waals surface area contributed by atoms with Gasteiger partial charge in [-0.1, -0.05) is 25.7 Å². The van der Waals surface area contributed by atoms with E-state index in [0.29, 0.717) is 6.42 Å². The zero-order chi connectivity index (χ0) is 13.6. The van der Waals surface area contributed by atoms with Crippen molar-refractivity contribution in [2.75, 3.05) is 26.2 Å². The van der Waals surface area contributed by atoms with Gasteiger partial charge in [0.05, 0.1) is 11.4 Å². The van der Waals surface area contributed by atoms with Crippen LogP contribution in [0.4, 0.5) is 0 Å². The third-order valence-corrected chi connectivity index (χ3v) is 5.09. The number of nitrogens with one attached hydrogen (secondary N) is 1. The molecule has 1 aliphatic rings. The highest BCUT2D eigenvalue weighted by Crippen LogP contribution is 2.34. The highest BCUT2D eigenvalue weighted by atomic mass is 32.2. The fourth-order valence-corrected chi connectivity index (χ4v) is 3.69. The van der Waals surface area contributed by atoms with Crippen LogP contribution in [0.3, 0.4) is 0 Å². The summed E-state index contributed by atoms with van der Waals surface area (Å²) in [5.74, 6) is 0.226. The Balaban J connectivity index is 2.74. The summed E-state index contributed by atoms with van der Waals surface area (Å²) in [5, 5.41) is 3.27. The van der Waals surface area contributed by atoms with E-state index in [0.717, 1.165) is 12.8 Å². The Morgan fingerprint density at radius 1 is 1.22 bits per heavy atom. The zero-order valence-corrected chi connectivity index (χ0v) is 12.7. The molecular weight excluding hydrogens is 250 g/mol. The number of sulfone groups is 1. The highest BCUT2D eigenvalue weighted by Gasteiger charge is 2.38. The molecule has 1 aliphatic carbocycles. The van der Waals surface area contributed by atoms with Crippen LogP contribution < -0.4 is 5.32 Å². The molecule has 0 radical (unpaired) electrons. The molecule has 1 unspecified atom stereocenters. The number of hydrogen-bond donors (Lipinski definition) is 1. The number of ether oxygens (including phenoxy) is 1. The van der Waals surface area contributed by atoms with Crippen molar-refractivity contribution < 1.29 is 13.2 Å². The fraction of sp³-hybridized carbons (Fsp3) is 1.00. The van der Waals surface area contributed by atoms with Crippen molar-refractivity contribution in [2.45, 2.75) is 56.6 Å². The highest BCUT2D eigenvalue weighted by molar-refractivity contribution is 7.90. The molecule has 0 aliphatic heterocycles. The molecule has 0 heterocycles. The molecule has 4 nitrogen and oxygen atoms in total. The quantitative estimate of drug-likeness (QED) is 0.752. The van der Waals surface area contributed by atoms with Crippen LogP contribution in [0, 0.1) is 0 Å². The summed E-state index contributed by atoms with van der Waals surface area (Å²) in [6.07, 6.45) is 8.84. The maximum atomic E-state index is 11.3. The van der Waals surface area contributed by atoms with Gasteiger partial charge in [-0.3, -0.25) is 0 Å². The normalized spacial score (nSPS) is 22.4. The van der Waals surface area contributed by atoms with E-state index in [1.165, 1.54) is 31.9 Å². The summed E-state index contributed by atoms with van der Waals surface area (Å²) in [6, 6.07) is 0.121. The van der Waals surface area contributed by atoms with Gasteiger partial charge in [0.1, 0.15) is 9.84 Å². The lowest BCUT2D eigenvalue weighted by Crippen LogP contribution is -2.51. The summed E-state index contributed by atoms with van der Waals surface area (Å²) in [6.45, 7) is 0. The fourth-order valence-electron chi connectivity index (χ4n) is 3.02. The molecule has 1 fully saturated rings. The molecule has 108 valence electrons. The van der Waals surface area contributed by atoms with Crippen LogP contribution in [0.2, 0.25) is 0 Å². The molecule has 0 aromatic carbocycles. The minimum absolute atomic E-state index is 0.121. The minimum atomic E-state index is -2.91. The van der Waals surface area contributed by atoms with Crippen molar-refractivity contribution in [1.29, 1.82) is 0 Å². The van der Waals surface area contributed by atoms with E-state index < -0.39 is 9.84 Å². The lowest BCUT2D eigenvalue weighted by molar-refractivity contribution is -0.0516. The maximum absolute atomic E-state index is 11.3. The van der Waals surface area contributed by atoms with Crippen LogP contribution in [0.1, 0.15) is 44.9 Å². The summed E-state index contributed by atoms with van der Waals surface area (Å²) >= 11 is 0. The monoisotopic (exact) mass is 277 g/mol. The van der Waals surface area contributed by atoms with E-state index in [9.17, 15) is 8.42 Å². The van der Waals surface area contributed by atoms with E-state index in [1.54, 1.807) is 7.11 Å². The van der Waals surface area contributed by atoms with Gasteiger partial charge in [-0.2, -0.15) is 0 Å². The van der Waals surface area contributed by atoms with Crippen molar-refractivity contribution in [3.63, 3.8) is 0 Å². The average molecular weight is 277 g/mol. The van der Waals surface area contributed by atoms with Crippen LogP contribution in [0.5, 0.6) is 0 Å². The standard InChI is InChI=1S/C13H27NO3S/c1-14-12(8-11-18(3,15)16)13(17-2)9-6-4-5-7-10-13/h12,14H,4-11H2,1-3H3. The lowest BCUT2D eigenvalue weighted by atomic mass is 9.84. The van der Waals surface area contributed by atoms with Crippen LogP contribution >= 0.6 is 0 Å². The first-order valence-electron chi connectivity index (χ1n) is 6.84. The second kappa shape index (κ2) is 6.87. The molecule has 1 atom stereocenters. The van der Waals surface area contributed by atoms with E-state index in [4.69, 9.17) is 4.74 Å². The van der Waals surface area contributed by atoms with Crippen LogP contribution in [-0.4, -0.2) is 46.2 Å². The van der Waals surface area contributed by atoms with Gasteiger partial charge in [0.15, 0.2) is 0 Å². The third kappa shape index (κ3) is 4.52. The number of rotatable bonds is 6. The van der Waals surface area contributed by atoms with Gasteiger partial charge in [0, 0.05) is 19.4 Å². The topological polar surface area (TPSA) is 55.4 Å². The molecule has 0 aromatic rings. The second-order valence-electron chi connectivity index (χ2n) is 5.44. The third-order valence-electron chi connectivity index (χ3n) is 4.12. The number of likely N-dealkylation sites (N-methyl/N-ethyl adjacent to an activating group) is 1. The smallest absolute Gasteiger partial charge is 0.147 e. The zero-order valence-electron chi connectivity index (χ0n) is 11.9. The van der Waals surface area contributed by atoms with E-state index >= 15 is 0 Å². The molecule has 1 N–H and O–H groups in total. The van der Waals surface area contributed by atoms with Gasteiger partial charge < -0.3 is 10.1 Å². The molecule has 0 saturated heterocycles. The lowest BCUT2D eigenvalue weighted by Gasteiger charge is -2.39. The van der Waals surface area contributed by atoms with Crippen molar-refractivity contribution >= 4 is 9.84 Å². The second-order valence-corrected chi connectivity index (χ2v) is 7.70. The van der Waals surface area contributed by atoms with Gasteiger partial charge >= 0.3 is 0 Å². The molecule has 1 saturated carbocycles. The largest absolute Gasteiger partial charge is 0.377 e. The Morgan fingerprint density at radius 3 is 2.17 bits per heavy atom. The van der Waals surface area contributed by atoms with Gasteiger partial charge in [-0.25, -0.2) is 8.42 Å². The van der Waals surface area contributed by atoms with Gasteiger partial charge in [0.2, 0.25) is 0 Å². The Morgan fingerprint density at radius 2 is 1.78 bits per heavy atom. The van der Waals surface area contributed by atoms with Crippen molar-refractivity contribution in [3.8, 4) is 0 Å². The minimum Gasteiger partial charge on any atom is -0.377 e. The first-order chi connectivity index (χ1) is 8.43. The van der Waals surface area contributed by atoms with Crippen LogP contribution in [0.25, 0.3) is 0 Å². The summed E-state index contributed by atoms with van der Waals surface area (Å²) in [7, 11) is 0.754. The Hall–Kier alpha value is -0.130. The summed E-state index contributed by atoms with van der Waals surface area (Å²) in [4.78, 5) is 0. The van der Waals surface area contributed by atoms with Crippen molar-refractivity contribution in [1.82, 2.24) is 5.32 Å². The van der Waals surface area contributed by atoms with Crippen molar-refractivity contribution in [3.05, 3.63) is 0 Å². The Labute approximate surface area is 111 Å². The number of hydrogen-bond acceptors (Lipinski definition) is 4. The van der Waals surface area contributed by atoms with Gasteiger partial charge in [0.25, 0.3) is 0 Å². The summed E-state index contributed by atoms with van der Waals surface area (Å²) < 4.78 is 28.5. The summed E-state index contributed by atoms with van der Waals surface area (Å²) in [5.41, 5.74) is -0.185. The van der Waals surface area contributed by atoms with Gasteiger partial charge in [-0.05, 0) is 26.3 Å². The molecule has 0 aromatic heterocycles. The molecule has 18 heavy (non-hydrogen) atoms. The first kappa shape index (κ1) is 15.9. The Bertz CT molecular complexity index is 332. The molecule has 0 bridgehead atoms. The molecule has 1 rings (SSSR count). The molecule has 0 spiro atoms. The number of methoxy groups -OCH3 is 1. The SMILES string of the molecule is CNC(CCS(C)(=O)=O)C1(OC)CCCCCC1. The van der Waals surface area contributed by atoms with Gasteiger partial charge in [-0.15, -0.1) is 0 Å². The average Bonchev–Trinajstić information content (AvgIpc) is 2.55.